The first kappa shape index (κ1) is 14.2. The van der Waals surface area contributed by atoms with Crippen molar-refractivity contribution >= 4 is 17.1 Å². The van der Waals surface area contributed by atoms with Gasteiger partial charge in [0.05, 0.1) is 6.21 Å². The highest BCUT2D eigenvalue weighted by molar-refractivity contribution is 6.00. The minimum absolute atomic E-state index is 0.543. The first-order chi connectivity index (χ1) is 10.2. The number of nitrogens with zero attached hydrogens (tertiary/aromatic N) is 2. The molecule has 3 rings (SSSR count). The van der Waals surface area contributed by atoms with E-state index in [0.29, 0.717) is 12.1 Å². The zero-order chi connectivity index (χ0) is 14.8. The lowest BCUT2D eigenvalue weighted by Gasteiger charge is -2.36. The number of aromatic amines is 1. The van der Waals surface area contributed by atoms with Gasteiger partial charge in [-0.25, -0.2) is 0 Å². The molecule has 1 N–H and O–H groups in total. The maximum Gasteiger partial charge on any atom is 0.0564 e. The van der Waals surface area contributed by atoms with Crippen LogP contribution in [0.2, 0.25) is 0 Å². The lowest BCUT2D eigenvalue weighted by atomic mass is 10.00. The normalized spacial score (nSPS) is 23.3. The van der Waals surface area contributed by atoms with Crippen molar-refractivity contribution in [3.8, 4) is 0 Å². The Balaban J connectivity index is 1.89. The molecule has 1 aliphatic heterocycles. The van der Waals surface area contributed by atoms with Crippen molar-refractivity contribution in [3.63, 3.8) is 0 Å². The molecular weight excluding hydrogens is 258 g/mol. The van der Waals surface area contributed by atoms with Crippen molar-refractivity contribution in [1.29, 1.82) is 0 Å². The van der Waals surface area contributed by atoms with Gasteiger partial charge in [0.2, 0.25) is 0 Å². The van der Waals surface area contributed by atoms with E-state index in [1.165, 1.54) is 41.3 Å². The van der Waals surface area contributed by atoms with E-state index in [9.17, 15) is 0 Å². The minimum Gasteiger partial charge on any atom is -0.360 e. The maximum atomic E-state index is 4.78. The molecule has 0 bridgehead atoms. The van der Waals surface area contributed by atoms with E-state index in [0.717, 1.165) is 6.42 Å². The number of piperidine rings is 1. The van der Waals surface area contributed by atoms with Crippen LogP contribution in [0.4, 0.5) is 0 Å². The van der Waals surface area contributed by atoms with Gasteiger partial charge in [-0.05, 0) is 45.1 Å². The van der Waals surface area contributed by atoms with E-state index in [-0.39, 0.29) is 0 Å². The molecule has 0 spiro atoms. The predicted molar refractivity (Wildman–Crippen MR) is 89.9 cm³/mol. The van der Waals surface area contributed by atoms with Crippen molar-refractivity contribution in [1.82, 2.24) is 9.99 Å². The van der Waals surface area contributed by atoms with Crippen LogP contribution in [0.5, 0.6) is 0 Å². The van der Waals surface area contributed by atoms with Crippen LogP contribution in [-0.4, -0.2) is 28.3 Å². The molecule has 2 heterocycles. The van der Waals surface area contributed by atoms with Gasteiger partial charge in [-0.2, -0.15) is 5.10 Å². The number of nitrogens with one attached hydrogen (secondary N) is 1. The number of fused-ring (bicyclic) bond motifs is 1. The fourth-order valence-electron chi connectivity index (χ4n) is 3.40. The summed E-state index contributed by atoms with van der Waals surface area (Å²) in [6, 6.07) is 7.59. The third-order valence-electron chi connectivity index (χ3n) is 4.69. The maximum absolute atomic E-state index is 4.78. The van der Waals surface area contributed by atoms with E-state index < -0.39 is 0 Å². The van der Waals surface area contributed by atoms with Gasteiger partial charge in [0, 0.05) is 34.7 Å². The van der Waals surface area contributed by atoms with Crippen molar-refractivity contribution in [2.45, 2.75) is 58.5 Å². The van der Waals surface area contributed by atoms with Gasteiger partial charge in [0.1, 0.15) is 0 Å². The molecule has 1 aliphatic rings. The fraction of sp³-hybridized carbons (Fsp3) is 0.500. The summed E-state index contributed by atoms with van der Waals surface area (Å²) in [5, 5.41) is 8.33. The molecular formula is C18H25N3. The number of benzene rings is 1. The van der Waals surface area contributed by atoms with Crippen molar-refractivity contribution in [3.05, 3.63) is 35.5 Å². The van der Waals surface area contributed by atoms with Crippen LogP contribution in [0.25, 0.3) is 10.9 Å². The summed E-state index contributed by atoms with van der Waals surface area (Å²) >= 11 is 0. The molecule has 112 valence electrons. The van der Waals surface area contributed by atoms with Gasteiger partial charge >= 0.3 is 0 Å². The summed E-state index contributed by atoms with van der Waals surface area (Å²) in [4.78, 5) is 3.41. The third kappa shape index (κ3) is 2.69. The Morgan fingerprint density at radius 3 is 2.76 bits per heavy atom. The largest absolute Gasteiger partial charge is 0.360 e. The summed E-state index contributed by atoms with van der Waals surface area (Å²) in [5.41, 5.74) is 3.80. The topological polar surface area (TPSA) is 31.4 Å². The molecule has 0 radical (unpaired) electrons. The highest BCUT2D eigenvalue weighted by Gasteiger charge is 2.22. The van der Waals surface area contributed by atoms with E-state index in [2.05, 4.69) is 55.2 Å². The average molecular weight is 283 g/mol. The van der Waals surface area contributed by atoms with Gasteiger partial charge in [-0.3, -0.25) is 5.01 Å². The molecule has 1 saturated heterocycles. The van der Waals surface area contributed by atoms with Gasteiger partial charge in [-0.1, -0.05) is 25.1 Å². The zero-order valence-electron chi connectivity index (χ0n) is 13.3. The van der Waals surface area contributed by atoms with Crippen LogP contribution >= 0.6 is 0 Å². The van der Waals surface area contributed by atoms with Crippen molar-refractivity contribution in [2.75, 3.05) is 0 Å². The Morgan fingerprint density at radius 2 is 2.05 bits per heavy atom. The van der Waals surface area contributed by atoms with Crippen LogP contribution in [0.3, 0.4) is 0 Å². The number of hydrogen-bond donors (Lipinski definition) is 1. The molecule has 0 aliphatic carbocycles. The number of hydrazone groups is 1. The van der Waals surface area contributed by atoms with E-state index >= 15 is 0 Å². The number of aromatic nitrogens is 1. The van der Waals surface area contributed by atoms with Gasteiger partial charge in [-0.15, -0.1) is 0 Å². The SMILES string of the molecule is CCc1cccc2c(/C=N/N3[C@H](C)CCC[C@H]3C)c[nH]c12. The summed E-state index contributed by atoms with van der Waals surface area (Å²) in [6.07, 6.45) is 8.96. The highest BCUT2D eigenvalue weighted by Crippen LogP contribution is 2.24. The number of H-pyrrole nitrogens is 1. The Morgan fingerprint density at radius 1 is 1.29 bits per heavy atom. The molecule has 0 amide bonds. The molecule has 3 heteroatoms. The molecule has 21 heavy (non-hydrogen) atoms. The molecule has 2 atom stereocenters. The number of aryl methyl sites for hydroxylation is 1. The lowest BCUT2D eigenvalue weighted by molar-refractivity contribution is 0.109. The lowest BCUT2D eigenvalue weighted by Crippen LogP contribution is -2.39. The highest BCUT2D eigenvalue weighted by atomic mass is 15.5. The first-order valence-corrected chi connectivity index (χ1v) is 8.12. The predicted octanol–water partition coefficient (Wildman–Crippen LogP) is 4.33. The summed E-state index contributed by atoms with van der Waals surface area (Å²) in [5.74, 6) is 0. The number of hydrogen-bond acceptors (Lipinski definition) is 2. The molecule has 2 aromatic rings. The van der Waals surface area contributed by atoms with Gasteiger partial charge < -0.3 is 4.98 Å². The van der Waals surface area contributed by atoms with Crippen LogP contribution in [0.15, 0.2) is 29.5 Å². The smallest absolute Gasteiger partial charge is 0.0564 e. The summed E-state index contributed by atoms with van der Waals surface area (Å²) in [6.45, 7) is 6.75. The second kappa shape index (κ2) is 5.92. The second-order valence-corrected chi connectivity index (χ2v) is 6.19. The van der Waals surface area contributed by atoms with E-state index in [4.69, 9.17) is 5.10 Å². The van der Waals surface area contributed by atoms with Crippen LogP contribution in [0.1, 0.15) is 51.2 Å². The standard InChI is InChI=1S/C18H25N3/c1-4-15-9-6-10-17-16(11-19-18(15)17)12-20-21-13(2)7-5-8-14(21)3/h6,9-14,19H,4-5,7-8H2,1-3H3/b20-12+/t13-,14-/m1/s1. The van der Waals surface area contributed by atoms with Gasteiger partial charge in [0.15, 0.2) is 0 Å². The van der Waals surface area contributed by atoms with E-state index in [1.54, 1.807) is 0 Å². The minimum atomic E-state index is 0.543. The van der Waals surface area contributed by atoms with Crippen molar-refractivity contribution < 1.29 is 0 Å². The van der Waals surface area contributed by atoms with Crippen molar-refractivity contribution in [2.24, 2.45) is 5.10 Å². The molecule has 0 unspecified atom stereocenters. The van der Waals surface area contributed by atoms with Gasteiger partial charge in [0.25, 0.3) is 0 Å². The Bertz CT molecular complexity index is 631. The third-order valence-corrected chi connectivity index (χ3v) is 4.69. The fourth-order valence-corrected chi connectivity index (χ4v) is 3.40. The van der Waals surface area contributed by atoms with E-state index in [1.807, 2.05) is 6.21 Å². The summed E-state index contributed by atoms with van der Waals surface area (Å²) in [7, 11) is 0. The molecule has 1 fully saturated rings. The quantitative estimate of drug-likeness (QED) is 0.835. The molecule has 1 aromatic carbocycles. The molecule has 3 nitrogen and oxygen atoms in total. The monoisotopic (exact) mass is 283 g/mol. The Kier molecular flexibility index (Phi) is 4.00. The first-order valence-electron chi connectivity index (χ1n) is 8.12. The van der Waals surface area contributed by atoms with Crippen LogP contribution in [-0.2, 0) is 6.42 Å². The summed E-state index contributed by atoms with van der Waals surface area (Å²) < 4.78 is 0. The van der Waals surface area contributed by atoms with Crippen LogP contribution in [0, 0.1) is 0 Å². The van der Waals surface area contributed by atoms with Crippen LogP contribution < -0.4 is 0 Å². The number of para-hydroxylation sites is 1. The Labute approximate surface area is 127 Å². The average Bonchev–Trinajstić information content (AvgIpc) is 2.90. The molecule has 0 saturated carbocycles. The second-order valence-electron chi connectivity index (χ2n) is 6.19. The zero-order valence-corrected chi connectivity index (χ0v) is 13.3. The Hall–Kier alpha value is -1.77. The number of rotatable bonds is 3. The molecule has 1 aromatic heterocycles.